The molecule has 1 rings (SSSR count). The van der Waals surface area contributed by atoms with Crippen LogP contribution in [-0.4, -0.2) is 33.1 Å². The van der Waals surface area contributed by atoms with Gasteiger partial charge in [-0.1, -0.05) is 5.21 Å². The number of aliphatic hydroxyl groups excluding tert-OH is 1. The normalized spacial score (nSPS) is 12.5. The van der Waals surface area contributed by atoms with Crippen molar-refractivity contribution in [1.82, 2.24) is 20.3 Å². The summed E-state index contributed by atoms with van der Waals surface area (Å²) in [6.07, 6.45) is 1.37. The average molecular weight is 198 g/mol. The summed E-state index contributed by atoms with van der Waals surface area (Å²) in [5.74, 6) is -0.0425. The van der Waals surface area contributed by atoms with Crippen LogP contribution in [0.1, 0.15) is 25.1 Å². The van der Waals surface area contributed by atoms with Crippen LogP contribution >= 0.6 is 0 Å². The number of hydrogen-bond acceptors (Lipinski definition) is 4. The average Bonchev–Trinajstić information content (AvgIpc) is 2.62. The van der Waals surface area contributed by atoms with E-state index in [2.05, 4.69) is 15.6 Å². The highest BCUT2D eigenvalue weighted by molar-refractivity contribution is 5.75. The smallest absolute Gasteiger partial charge is 0.221 e. The van der Waals surface area contributed by atoms with E-state index in [1.54, 1.807) is 20.2 Å². The molecule has 14 heavy (non-hydrogen) atoms. The molecule has 1 heterocycles. The van der Waals surface area contributed by atoms with E-state index < -0.39 is 6.10 Å². The number of aliphatic hydroxyl groups is 1. The first-order valence-corrected chi connectivity index (χ1v) is 4.42. The number of rotatable bonds is 4. The molecule has 0 aliphatic heterocycles. The highest BCUT2D eigenvalue weighted by Gasteiger charge is 2.06. The Morgan fingerprint density at radius 1 is 1.79 bits per heavy atom. The van der Waals surface area contributed by atoms with Gasteiger partial charge >= 0.3 is 0 Å². The van der Waals surface area contributed by atoms with Crippen LogP contribution in [0.25, 0.3) is 0 Å². The summed E-state index contributed by atoms with van der Waals surface area (Å²) in [5, 5.41) is 19.2. The molecule has 6 nitrogen and oxygen atoms in total. The molecular weight excluding hydrogens is 184 g/mol. The molecule has 2 N–H and O–H groups in total. The van der Waals surface area contributed by atoms with Crippen molar-refractivity contribution in [1.29, 1.82) is 0 Å². The first kappa shape index (κ1) is 10.6. The first-order valence-electron chi connectivity index (χ1n) is 4.42. The molecule has 0 aliphatic rings. The maximum Gasteiger partial charge on any atom is 0.221 e. The molecule has 0 saturated carbocycles. The maximum absolute atomic E-state index is 10.9. The van der Waals surface area contributed by atoms with E-state index in [0.717, 1.165) is 0 Å². The lowest BCUT2D eigenvalue weighted by Crippen LogP contribution is -2.19. The predicted octanol–water partition coefficient (Wildman–Crippen LogP) is -0.533. The third kappa shape index (κ3) is 2.81. The number of nitrogens with one attached hydrogen (secondary N) is 1. The topological polar surface area (TPSA) is 80.0 Å². The Balaban J connectivity index is 2.48. The van der Waals surface area contributed by atoms with Crippen LogP contribution in [-0.2, 0) is 11.3 Å². The fourth-order valence-electron chi connectivity index (χ4n) is 0.955. The van der Waals surface area contributed by atoms with E-state index in [1.807, 2.05) is 0 Å². The van der Waals surface area contributed by atoms with Crippen LogP contribution in [0.3, 0.4) is 0 Å². The van der Waals surface area contributed by atoms with Gasteiger partial charge in [-0.3, -0.25) is 9.48 Å². The van der Waals surface area contributed by atoms with E-state index >= 15 is 0 Å². The lowest BCUT2D eigenvalue weighted by atomic mass is 10.3. The van der Waals surface area contributed by atoms with Crippen molar-refractivity contribution >= 4 is 5.91 Å². The molecule has 1 aromatic heterocycles. The molecule has 0 spiro atoms. The van der Waals surface area contributed by atoms with Crippen LogP contribution in [0, 0.1) is 0 Å². The summed E-state index contributed by atoms with van der Waals surface area (Å²) in [4.78, 5) is 10.9. The van der Waals surface area contributed by atoms with Crippen LogP contribution in [0.2, 0.25) is 0 Å². The molecule has 1 atom stereocenters. The fourth-order valence-corrected chi connectivity index (χ4v) is 0.955. The predicted molar refractivity (Wildman–Crippen MR) is 49.3 cm³/mol. The standard InChI is InChI=1S/C8H14N4O2/c1-6(13)7-5-12(11-10-7)4-3-8(14)9-2/h5-6,13H,3-4H2,1-2H3,(H,9,14). The second kappa shape index (κ2) is 4.71. The summed E-state index contributed by atoms with van der Waals surface area (Å²) >= 11 is 0. The summed E-state index contributed by atoms with van der Waals surface area (Å²) in [6.45, 7) is 2.09. The molecule has 0 saturated heterocycles. The number of carbonyl (C=O) groups excluding carboxylic acids is 1. The van der Waals surface area contributed by atoms with Crippen molar-refractivity contribution in [2.45, 2.75) is 26.0 Å². The van der Waals surface area contributed by atoms with E-state index in [-0.39, 0.29) is 5.91 Å². The second-order valence-electron chi connectivity index (χ2n) is 3.01. The molecule has 78 valence electrons. The molecule has 6 heteroatoms. The summed E-state index contributed by atoms with van der Waals surface area (Å²) < 4.78 is 1.54. The van der Waals surface area contributed by atoms with Gasteiger partial charge in [0.1, 0.15) is 5.69 Å². The number of carbonyl (C=O) groups is 1. The molecule has 0 aromatic carbocycles. The van der Waals surface area contributed by atoms with Gasteiger partial charge in [0, 0.05) is 13.5 Å². The van der Waals surface area contributed by atoms with Gasteiger partial charge in [0.15, 0.2) is 0 Å². The zero-order valence-corrected chi connectivity index (χ0v) is 8.27. The highest BCUT2D eigenvalue weighted by Crippen LogP contribution is 2.06. The Morgan fingerprint density at radius 2 is 2.50 bits per heavy atom. The van der Waals surface area contributed by atoms with E-state index in [9.17, 15) is 4.79 Å². The molecule has 0 fully saturated rings. The monoisotopic (exact) mass is 198 g/mol. The second-order valence-corrected chi connectivity index (χ2v) is 3.01. The van der Waals surface area contributed by atoms with Crippen molar-refractivity contribution in [3.63, 3.8) is 0 Å². The zero-order valence-electron chi connectivity index (χ0n) is 8.27. The minimum absolute atomic E-state index is 0.0425. The van der Waals surface area contributed by atoms with Crippen molar-refractivity contribution in [2.24, 2.45) is 0 Å². The van der Waals surface area contributed by atoms with Gasteiger partial charge in [-0.25, -0.2) is 0 Å². The lowest BCUT2D eigenvalue weighted by molar-refractivity contribution is -0.120. The maximum atomic E-state index is 10.9. The molecule has 0 radical (unpaired) electrons. The SMILES string of the molecule is CNC(=O)CCn1cc(C(C)O)nn1. The zero-order chi connectivity index (χ0) is 10.6. The molecule has 0 aliphatic carbocycles. The number of amides is 1. The Labute approximate surface area is 81.9 Å². The number of nitrogens with zero attached hydrogens (tertiary/aromatic N) is 3. The van der Waals surface area contributed by atoms with Crippen LogP contribution in [0.15, 0.2) is 6.20 Å². The third-order valence-electron chi connectivity index (χ3n) is 1.83. The van der Waals surface area contributed by atoms with Crippen molar-refractivity contribution in [2.75, 3.05) is 7.05 Å². The lowest BCUT2D eigenvalue weighted by Gasteiger charge is -1.99. The summed E-state index contributed by atoms with van der Waals surface area (Å²) in [6, 6.07) is 0. The number of aryl methyl sites for hydroxylation is 1. The van der Waals surface area contributed by atoms with Crippen LogP contribution in [0.4, 0.5) is 0 Å². The van der Waals surface area contributed by atoms with Gasteiger partial charge in [-0.2, -0.15) is 0 Å². The minimum atomic E-state index is -0.622. The fraction of sp³-hybridized carbons (Fsp3) is 0.625. The molecule has 0 bridgehead atoms. The van der Waals surface area contributed by atoms with Gasteiger partial charge in [0.2, 0.25) is 5.91 Å². The minimum Gasteiger partial charge on any atom is -0.387 e. The van der Waals surface area contributed by atoms with Gasteiger partial charge in [-0.15, -0.1) is 5.10 Å². The van der Waals surface area contributed by atoms with Crippen molar-refractivity contribution in [3.8, 4) is 0 Å². The number of aromatic nitrogens is 3. The van der Waals surface area contributed by atoms with E-state index in [4.69, 9.17) is 5.11 Å². The molecule has 1 amide bonds. The van der Waals surface area contributed by atoms with Crippen LogP contribution < -0.4 is 5.32 Å². The van der Waals surface area contributed by atoms with E-state index in [0.29, 0.717) is 18.7 Å². The summed E-state index contributed by atoms with van der Waals surface area (Å²) in [5.41, 5.74) is 0.516. The van der Waals surface area contributed by atoms with Crippen molar-refractivity contribution in [3.05, 3.63) is 11.9 Å². The Bertz CT molecular complexity index is 308. The van der Waals surface area contributed by atoms with Gasteiger partial charge in [0.25, 0.3) is 0 Å². The molecule has 1 unspecified atom stereocenters. The quantitative estimate of drug-likeness (QED) is 0.681. The Hall–Kier alpha value is -1.43. The third-order valence-corrected chi connectivity index (χ3v) is 1.83. The van der Waals surface area contributed by atoms with Gasteiger partial charge < -0.3 is 10.4 Å². The highest BCUT2D eigenvalue weighted by atomic mass is 16.3. The molecular formula is C8H14N4O2. The van der Waals surface area contributed by atoms with Gasteiger partial charge in [0.05, 0.1) is 18.8 Å². The molecule has 1 aromatic rings. The van der Waals surface area contributed by atoms with E-state index in [1.165, 1.54) is 4.68 Å². The van der Waals surface area contributed by atoms with Gasteiger partial charge in [-0.05, 0) is 6.92 Å². The first-order chi connectivity index (χ1) is 6.63. The Kier molecular flexibility index (Phi) is 3.58. The summed E-state index contributed by atoms with van der Waals surface area (Å²) in [7, 11) is 1.59. The largest absolute Gasteiger partial charge is 0.387 e. The van der Waals surface area contributed by atoms with Crippen LogP contribution in [0.5, 0.6) is 0 Å². The van der Waals surface area contributed by atoms with Crippen molar-refractivity contribution < 1.29 is 9.90 Å². The Morgan fingerprint density at radius 3 is 3.00 bits per heavy atom. The number of hydrogen-bond donors (Lipinski definition) is 2.